The van der Waals surface area contributed by atoms with E-state index < -0.39 is 0 Å². The highest BCUT2D eigenvalue weighted by molar-refractivity contribution is 5.82. The first-order chi connectivity index (χ1) is 5.63. The van der Waals surface area contributed by atoms with Crippen LogP contribution in [0.2, 0.25) is 0 Å². The first kappa shape index (κ1) is 9.26. The van der Waals surface area contributed by atoms with Crippen molar-refractivity contribution in [2.75, 3.05) is 20.7 Å². The summed E-state index contributed by atoms with van der Waals surface area (Å²) in [6, 6.07) is 0.543. The Bertz CT molecular complexity index is 199. The molecule has 1 atom stereocenters. The molecule has 0 spiro atoms. The number of hydrogen-bond acceptors (Lipinski definition) is 3. The van der Waals surface area contributed by atoms with Gasteiger partial charge in [-0.05, 0) is 26.0 Å². The van der Waals surface area contributed by atoms with Crippen molar-refractivity contribution in [2.45, 2.75) is 19.4 Å². The monoisotopic (exact) mass is 169 g/mol. The summed E-state index contributed by atoms with van der Waals surface area (Å²) in [7, 11) is 3.46. The Kier molecular flexibility index (Phi) is 2.87. The van der Waals surface area contributed by atoms with Crippen molar-refractivity contribution in [3.63, 3.8) is 0 Å². The minimum absolute atomic E-state index is 0.243. The normalized spacial score (nSPS) is 27.9. The van der Waals surface area contributed by atoms with E-state index in [1.807, 2.05) is 0 Å². The molecule has 0 saturated carbocycles. The van der Waals surface area contributed by atoms with Crippen molar-refractivity contribution in [3.05, 3.63) is 11.6 Å². The number of carbonyl (C=O) groups is 1. The van der Waals surface area contributed by atoms with Crippen LogP contribution in [-0.2, 0) is 9.53 Å². The van der Waals surface area contributed by atoms with Crippen LogP contribution in [0, 0.1) is 0 Å². The van der Waals surface area contributed by atoms with E-state index in [0.717, 1.165) is 18.5 Å². The zero-order valence-electron chi connectivity index (χ0n) is 7.83. The molecule has 0 N–H and O–H groups in total. The predicted molar refractivity (Wildman–Crippen MR) is 46.8 cm³/mol. The quantitative estimate of drug-likeness (QED) is 0.430. The topological polar surface area (TPSA) is 29.5 Å². The summed E-state index contributed by atoms with van der Waals surface area (Å²) in [5, 5.41) is 0. The van der Waals surface area contributed by atoms with Crippen LogP contribution in [0.1, 0.15) is 13.3 Å². The van der Waals surface area contributed by atoms with E-state index >= 15 is 0 Å². The lowest BCUT2D eigenvalue weighted by atomic mass is 10.2. The van der Waals surface area contributed by atoms with Crippen molar-refractivity contribution in [2.24, 2.45) is 0 Å². The Morgan fingerprint density at radius 1 is 1.75 bits per heavy atom. The van der Waals surface area contributed by atoms with Crippen molar-refractivity contribution in [1.82, 2.24) is 4.90 Å². The van der Waals surface area contributed by atoms with Crippen LogP contribution >= 0.6 is 0 Å². The first-order valence-electron chi connectivity index (χ1n) is 4.11. The van der Waals surface area contributed by atoms with Gasteiger partial charge >= 0.3 is 5.97 Å². The lowest BCUT2D eigenvalue weighted by Gasteiger charge is -2.11. The lowest BCUT2D eigenvalue weighted by molar-refractivity contribution is -0.134. The fourth-order valence-electron chi connectivity index (χ4n) is 1.41. The van der Waals surface area contributed by atoms with Crippen LogP contribution < -0.4 is 0 Å². The number of carbonyl (C=O) groups excluding carboxylic acids is 1. The van der Waals surface area contributed by atoms with Gasteiger partial charge in [0, 0.05) is 18.7 Å². The molecule has 3 nitrogen and oxygen atoms in total. The molecule has 68 valence electrons. The Balaban J connectivity index is 2.56. The van der Waals surface area contributed by atoms with Crippen molar-refractivity contribution < 1.29 is 9.53 Å². The van der Waals surface area contributed by atoms with Crippen LogP contribution in [0.3, 0.4) is 0 Å². The molecule has 3 heteroatoms. The summed E-state index contributed by atoms with van der Waals surface area (Å²) >= 11 is 0. The molecule has 1 rings (SSSR count). The second-order valence-corrected chi connectivity index (χ2v) is 3.29. The van der Waals surface area contributed by atoms with Gasteiger partial charge in [-0.1, -0.05) is 0 Å². The molecule has 1 fully saturated rings. The molecule has 0 aromatic carbocycles. The molecular weight excluding hydrogens is 154 g/mol. The standard InChI is InChI=1S/C9H15NO2/c1-7-4-8(6-10(7)2)5-9(11)12-3/h5,7H,4,6H2,1-3H3/b8-5-. The van der Waals surface area contributed by atoms with E-state index in [9.17, 15) is 4.79 Å². The molecule has 0 radical (unpaired) electrons. The van der Waals surface area contributed by atoms with Gasteiger partial charge in [-0.2, -0.15) is 0 Å². The van der Waals surface area contributed by atoms with Crippen molar-refractivity contribution in [1.29, 1.82) is 0 Å². The van der Waals surface area contributed by atoms with Gasteiger partial charge in [-0.3, -0.25) is 4.90 Å². The summed E-state index contributed by atoms with van der Waals surface area (Å²) in [6.45, 7) is 3.04. The number of nitrogens with zero attached hydrogens (tertiary/aromatic N) is 1. The van der Waals surface area contributed by atoms with Gasteiger partial charge in [0.25, 0.3) is 0 Å². The number of hydrogen-bond donors (Lipinski definition) is 0. The molecule has 0 aromatic heterocycles. The van der Waals surface area contributed by atoms with Crippen LogP contribution in [0.5, 0.6) is 0 Å². The van der Waals surface area contributed by atoms with E-state index in [2.05, 4.69) is 23.6 Å². The largest absolute Gasteiger partial charge is 0.466 e. The smallest absolute Gasteiger partial charge is 0.330 e. The maximum atomic E-state index is 10.9. The molecule has 0 aromatic rings. The molecule has 1 heterocycles. The summed E-state index contributed by atoms with van der Waals surface area (Å²) in [6.07, 6.45) is 2.58. The SMILES string of the molecule is COC(=O)/C=C1/CC(C)N(C)C1. The Morgan fingerprint density at radius 3 is 2.83 bits per heavy atom. The number of methoxy groups -OCH3 is 1. The van der Waals surface area contributed by atoms with E-state index in [1.54, 1.807) is 6.08 Å². The number of likely N-dealkylation sites (N-methyl/N-ethyl adjacent to an activating group) is 1. The predicted octanol–water partition coefficient (Wildman–Crippen LogP) is 0.810. The van der Waals surface area contributed by atoms with Gasteiger partial charge in [0.15, 0.2) is 0 Å². The maximum absolute atomic E-state index is 10.9. The van der Waals surface area contributed by atoms with Crippen molar-refractivity contribution >= 4 is 5.97 Å². The van der Waals surface area contributed by atoms with Gasteiger partial charge in [-0.25, -0.2) is 4.79 Å². The molecule has 0 aliphatic carbocycles. The molecule has 1 aliphatic rings. The highest BCUT2D eigenvalue weighted by Crippen LogP contribution is 2.19. The summed E-state index contributed by atoms with van der Waals surface area (Å²) in [5.74, 6) is -0.243. The van der Waals surface area contributed by atoms with E-state index in [4.69, 9.17) is 0 Å². The second-order valence-electron chi connectivity index (χ2n) is 3.29. The van der Waals surface area contributed by atoms with E-state index in [1.165, 1.54) is 7.11 Å². The molecule has 12 heavy (non-hydrogen) atoms. The minimum Gasteiger partial charge on any atom is -0.466 e. The molecule has 1 unspecified atom stereocenters. The first-order valence-corrected chi connectivity index (χ1v) is 4.11. The highest BCUT2D eigenvalue weighted by Gasteiger charge is 2.20. The Hall–Kier alpha value is -0.830. The summed E-state index contributed by atoms with van der Waals surface area (Å²) in [5.41, 5.74) is 1.16. The summed E-state index contributed by atoms with van der Waals surface area (Å²) in [4.78, 5) is 13.1. The third-order valence-corrected chi connectivity index (χ3v) is 2.29. The number of ether oxygens (including phenoxy) is 1. The van der Waals surface area contributed by atoms with Gasteiger partial charge in [0.05, 0.1) is 7.11 Å². The zero-order chi connectivity index (χ0) is 9.14. The van der Waals surface area contributed by atoms with E-state index in [0.29, 0.717) is 6.04 Å². The number of likely N-dealkylation sites (tertiary alicyclic amines) is 1. The van der Waals surface area contributed by atoms with Crippen LogP contribution in [-0.4, -0.2) is 37.6 Å². The fraction of sp³-hybridized carbons (Fsp3) is 0.667. The lowest BCUT2D eigenvalue weighted by Crippen LogP contribution is -2.20. The molecular formula is C9H15NO2. The van der Waals surface area contributed by atoms with Gasteiger partial charge in [0.1, 0.15) is 0 Å². The van der Waals surface area contributed by atoms with E-state index in [-0.39, 0.29) is 5.97 Å². The Labute approximate surface area is 73.0 Å². The fourth-order valence-corrected chi connectivity index (χ4v) is 1.41. The third-order valence-electron chi connectivity index (χ3n) is 2.29. The van der Waals surface area contributed by atoms with Crippen LogP contribution in [0.4, 0.5) is 0 Å². The maximum Gasteiger partial charge on any atom is 0.330 e. The second kappa shape index (κ2) is 3.72. The van der Waals surface area contributed by atoms with Gasteiger partial charge in [-0.15, -0.1) is 0 Å². The summed E-state index contributed by atoms with van der Waals surface area (Å²) < 4.78 is 4.55. The highest BCUT2D eigenvalue weighted by atomic mass is 16.5. The third kappa shape index (κ3) is 2.08. The molecule has 0 bridgehead atoms. The number of esters is 1. The molecule has 0 amide bonds. The zero-order valence-corrected chi connectivity index (χ0v) is 7.83. The van der Waals surface area contributed by atoms with Gasteiger partial charge < -0.3 is 4.74 Å². The van der Waals surface area contributed by atoms with Crippen LogP contribution in [0.15, 0.2) is 11.6 Å². The molecule has 1 saturated heterocycles. The number of rotatable bonds is 1. The van der Waals surface area contributed by atoms with Crippen LogP contribution in [0.25, 0.3) is 0 Å². The average Bonchev–Trinajstić information content (AvgIpc) is 2.31. The Morgan fingerprint density at radius 2 is 2.42 bits per heavy atom. The van der Waals surface area contributed by atoms with Gasteiger partial charge in [0.2, 0.25) is 0 Å². The molecule has 1 aliphatic heterocycles. The minimum atomic E-state index is -0.243. The average molecular weight is 169 g/mol. The van der Waals surface area contributed by atoms with Crippen molar-refractivity contribution in [3.8, 4) is 0 Å².